The lowest BCUT2D eigenvalue weighted by Gasteiger charge is -2.44. The molecular weight excluding hydrogens is 552 g/mol. The fourth-order valence-electron chi connectivity index (χ4n) is 8.81. The molecule has 46 heavy (non-hydrogen) atoms. The van der Waals surface area contributed by atoms with Crippen LogP contribution in [0, 0.1) is 41.5 Å². The quantitative estimate of drug-likeness (QED) is 0.194. The van der Waals surface area contributed by atoms with Crippen LogP contribution in [0.3, 0.4) is 0 Å². The zero-order chi connectivity index (χ0) is 32.4. The standard InChI is InChI=1S/C41H37B2N.C2H6/c1-24-18-26(3)38(27(4)19-24)42-34-17-16-32-14-11-15-35-40(32)44(30(34)7)41-36(42)22-33(31-12-9-8-10-13-31)23-37(41)43(35)39-28(5)20-25(2)21-29(39)6;1-2/h8-23H,1-7H3;1-2H3. The molecule has 5 aromatic carbocycles. The van der Waals surface area contributed by atoms with Gasteiger partial charge < -0.3 is 4.90 Å². The van der Waals surface area contributed by atoms with E-state index < -0.39 is 0 Å². The molecule has 0 N–H and O–H groups in total. The molecule has 3 heterocycles. The average Bonchev–Trinajstić information content (AvgIpc) is 3.13. The molecule has 0 saturated carbocycles. The summed E-state index contributed by atoms with van der Waals surface area (Å²) in [6.45, 7) is 20.3. The Hall–Kier alpha value is -4.49. The van der Waals surface area contributed by atoms with Gasteiger partial charge in [-0.15, -0.1) is 0 Å². The number of nitrogens with zero attached hydrogens (tertiary/aromatic N) is 1. The molecule has 0 radical (unpaired) electrons. The van der Waals surface area contributed by atoms with Crippen molar-refractivity contribution >= 4 is 58.2 Å². The first-order chi connectivity index (χ1) is 22.2. The molecule has 8 rings (SSSR count). The molecule has 0 amide bonds. The van der Waals surface area contributed by atoms with Gasteiger partial charge in [0.2, 0.25) is 13.4 Å². The van der Waals surface area contributed by atoms with Crippen LogP contribution in [-0.4, -0.2) is 13.4 Å². The minimum atomic E-state index is 0.140. The van der Waals surface area contributed by atoms with Crippen LogP contribution >= 0.6 is 0 Å². The summed E-state index contributed by atoms with van der Waals surface area (Å²) >= 11 is 0. The first kappa shape index (κ1) is 30.2. The Labute approximate surface area is 276 Å². The summed E-state index contributed by atoms with van der Waals surface area (Å²) in [6, 6.07) is 32.4. The largest absolute Gasteiger partial charge is 0.316 e. The Morgan fingerprint density at radius 2 is 1.02 bits per heavy atom. The number of anilines is 2. The molecule has 0 atom stereocenters. The van der Waals surface area contributed by atoms with Crippen LogP contribution in [0.4, 0.5) is 11.4 Å². The van der Waals surface area contributed by atoms with Crippen molar-refractivity contribution in [1.29, 1.82) is 0 Å². The number of para-hydroxylation sites is 1. The Morgan fingerprint density at radius 3 is 1.61 bits per heavy atom. The summed E-state index contributed by atoms with van der Waals surface area (Å²) in [4.78, 5) is 2.62. The summed E-state index contributed by atoms with van der Waals surface area (Å²) in [7, 11) is 0. The van der Waals surface area contributed by atoms with Gasteiger partial charge in [0, 0.05) is 17.1 Å². The maximum Gasteiger partial charge on any atom is 0.247 e. The third-order valence-electron chi connectivity index (χ3n) is 10.3. The molecule has 3 heteroatoms. The van der Waals surface area contributed by atoms with Gasteiger partial charge in [-0.1, -0.05) is 155 Å². The number of hydrogen-bond acceptors (Lipinski definition) is 1. The van der Waals surface area contributed by atoms with E-state index in [4.69, 9.17) is 0 Å². The van der Waals surface area contributed by atoms with Gasteiger partial charge in [-0.25, -0.2) is 0 Å². The molecule has 0 unspecified atom stereocenters. The summed E-state index contributed by atoms with van der Waals surface area (Å²) in [5.41, 5.74) is 24.5. The van der Waals surface area contributed by atoms with Gasteiger partial charge in [-0.3, -0.25) is 0 Å². The van der Waals surface area contributed by atoms with Crippen LogP contribution in [0.5, 0.6) is 0 Å². The third-order valence-corrected chi connectivity index (χ3v) is 10.3. The SMILES string of the molecule is CC.CC1=C2C=Cc3cccc4c3N1c1c(cc(-c3ccccc3)cc1B4c1c(C)cc(C)cc1C)B2c1c(C)cc(C)cc1C. The van der Waals surface area contributed by atoms with Crippen molar-refractivity contribution in [2.75, 3.05) is 4.90 Å². The molecule has 2 bridgehead atoms. The second-order valence-electron chi connectivity index (χ2n) is 13.4. The van der Waals surface area contributed by atoms with E-state index in [1.807, 2.05) is 13.8 Å². The van der Waals surface area contributed by atoms with E-state index in [-0.39, 0.29) is 13.4 Å². The summed E-state index contributed by atoms with van der Waals surface area (Å²) in [5, 5.41) is 0. The molecule has 3 aliphatic heterocycles. The van der Waals surface area contributed by atoms with Crippen molar-refractivity contribution < 1.29 is 0 Å². The van der Waals surface area contributed by atoms with Crippen molar-refractivity contribution in [1.82, 2.24) is 0 Å². The summed E-state index contributed by atoms with van der Waals surface area (Å²) in [6.07, 6.45) is 4.80. The second kappa shape index (κ2) is 11.4. The van der Waals surface area contributed by atoms with E-state index in [1.54, 1.807) is 0 Å². The Bertz CT molecular complexity index is 2050. The normalized spacial score (nSPS) is 13.9. The van der Waals surface area contributed by atoms with Crippen LogP contribution in [0.25, 0.3) is 17.2 Å². The van der Waals surface area contributed by atoms with Gasteiger partial charge in [-0.05, 0) is 87.0 Å². The molecule has 0 spiro atoms. The highest BCUT2D eigenvalue weighted by Crippen LogP contribution is 2.42. The molecule has 0 aliphatic carbocycles. The zero-order valence-electron chi connectivity index (χ0n) is 28.8. The third kappa shape index (κ3) is 4.47. The van der Waals surface area contributed by atoms with E-state index in [1.165, 1.54) is 99.9 Å². The van der Waals surface area contributed by atoms with Crippen molar-refractivity contribution in [3.63, 3.8) is 0 Å². The fourth-order valence-corrected chi connectivity index (χ4v) is 8.81. The number of benzene rings is 5. The predicted molar refractivity (Wildman–Crippen MR) is 205 cm³/mol. The topological polar surface area (TPSA) is 3.24 Å². The van der Waals surface area contributed by atoms with Gasteiger partial charge in [0.05, 0.1) is 0 Å². The van der Waals surface area contributed by atoms with Crippen LogP contribution in [0.1, 0.15) is 59.7 Å². The summed E-state index contributed by atoms with van der Waals surface area (Å²) < 4.78 is 0. The van der Waals surface area contributed by atoms with Crippen LogP contribution in [0.2, 0.25) is 0 Å². The highest BCUT2D eigenvalue weighted by atomic mass is 15.2. The van der Waals surface area contributed by atoms with E-state index in [0.29, 0.717) is 0 Å². The fraction of sp³-hybridized carbons (Fsp3) is 0.209. The lowest BCUT2D eigenvalue weighted by molar-refractivity contribution is 1.15. The highest BCUT2D eigenvalue weighted by molar-refractivity contribution is 7.01. The van der Waals surface area contributed by atoms with Crippen molar-refractivity contribution in [3.05, 3.63) is 141 Å². The average molecular weight is 595 g/mol. The maximum absolute atomic E-state index is 2.62. The number of rotatable bonds is 3. The number of hydrogen-bond donors (Lipinski definition) is 0. The Kier molecular flexibility index (Phi) is 7.47. The van der Waals surface area contributed by atoms with Gasteiger partial charge >= 0.3 is 0 Å². The van der Waals surface area contributed by atoms with Gasteiger partial charge in [0.25, 0.3) is 0 Å². The number of allylic oxidation sites excluding steroid dienone is 3. The van der Waals surface area contributed by atoms with Gasteiger partial charge in [-0.2, -0.15) is 0 Å². The van der Waals surface area contributed by atoms with Crippen LogP contribution in [0.15, 0.2) is 102 Å². The molecule has 5 aromatic rings. The molecular formula is C43H43B2N. The van der Waals surface area contributed by atoms with Gasteiger partial charge in [0.1, 0.15) is 0 Å². The molecule has 1 nitrogen and oxygen atoms in total. The van der Waals surface area contributed by atoms with Gasteiger partial charge in [0.15, 0.2) is 0 Å². The Morgan fingerprint density at radius 1 is 0.478 bits per heavy atom. The van der Waals surface area contributed by atoms with Crippen molar-refractivity contribution in [2.24, 2.45) is 0 Å². The first-order valence-electron chi connectivity index (χ1n) is 16.9. The van der Waals surface area contributed by atoms with E-state index in [2.05, 4.69) is 150 Å². The van der Waals surface area contributed by atoms with Crippen LogP contribution in [-0.2, 0) is 0 Å². The van der Waals surface area contributed by atoms with E-state index in [0.717, 1.165) is 0 Å². The van der Waals surface area contributed by atoms with E-state index >= 15 is 0 Å². The molecule has 3 aliphatic rings. The monoisotopic (exact) mass is 595 g/mol. The van der Waals surface area contributed by atoms with E-state index in [9.17, 15) is 0 Å². The zero-order valence-corrected chi connectivity index (χ0v) is 28.8. The molecule has 0 saturated heterocycles. The lowest BCUT2D eigenvalue weighted by Crippen LogP contribution is -2.63. The lowest BCUT2D eigenvalue weighted by atomic mass is 9.29. The molecule has 0 aromatic heterocycles. The molecule has 226 valence electrons. The maximum atomic E-state index is 2.62. The molecule has 0 fully saturated rings. The minimum absolute atomic E-state index is 0.140. The smallest absolute Gasteiger partial charge is 0.247 e. The van der Waals surface area contributed by atoms with Crippen molar-refractivity contribution in [2.45, 2.75) is 62.3 Å². The van der Waals surface area contributed by atoms with Crippen molar-refractivity contribution in [3.8, 4) is 11.1 Å². The Balaban J connectivity index is 0.00000166. The minimum Gasteiger partial charge on any atom is -0.316 e. The highest BCUT2D eigenvalue weighted by Gasteiger charge is 2.45. The first-order valence-corrected chi connectivity index (χ1v) is 16.9. The number of aryl methyl sites for hydroxylation is 6. The van der Waals surface area contributed by atoms with Crippen LogP contribution < -0.4 is 32.2 Å². The predicted octanol–water partition coefficient (Wildman–Crippen LogP) is 7.66. The summed E-state index contributed by atoms with van der Waals surface area (Å²) in [5.74, 6) is 0. The second-order valence-corrected chi connectivity index (χ2v) is 13.4.